The van der Waals surface area contributed by atoms with Gasteiger partial charge in [0.15, 0.2) is 5.65 Å². The number of hydrogen-bond acceptors (Lipinski definition) is 4. The van der Waals surface area contributed by atoms with Crippen LogP contribution in [-0.2, 0) is 0 Å². The Morgan fingerprint density at radius 1 is 1.18 bits per heavy atom. The van der Waals surface area contributed by atoms with E-state index in [0.717, 1.165) is 5.39 Å². The lowest BCUT2D eigenvalue weighted by molar-refractivity contribution is 1.18. The zero-order valence-electron chi connectivity index (χ0n) is 5.73. The van der Waals surface area contributed by atoms with Crippen molar-refractivity contribution in [1.82, 2.24) is 15.0 Å². The van der Waals surface area contributed by atoms with Gasteiger partial charge in [-0.3, -0.25) is 0 Å². The van der Waals surface area contributed by atoms with Gasteiger partial charge >= 0.3 is 0 Å². The van der Waals surface area contributed by atoms with Crippen molar-refractivity contribution < 1.29 is 0 Å². The number of nitrogens with two attached hydrogens (primary N) is 1. The van der Waals surface area contributed by atoms with E-state index in [0.29, 0.717) is 11.3 Å². The summed E-state index contributed by atoms with van der Waals surface area (Å²) in [6.07, 6.45) is 4.73. The summed E-state index contributed by atoms with van der Waals surface area (Å²) >= 11 is 0. The van der Waals surface area contributed by atoms with Gasteiger partial charge in [0.25, 0.3) is 0 Å². The minimum atomic E-state index is 0.632. The fourth-order valence-electron chi connectivity index (χ4n) is 0.896. The third-order valence-corrected chi connectivity index (χ3v) is 1.38. The summed E-state index contributed by atoms with van der Waals surface area (Å²) in [6, 6.07) is 1.79. The summed E-state index contributed by atoms with van der Waals surface area (Å²) in [4.78, 5) is 11.8. The van der Waals surface area contributed by atoms with Crippen LogP contribution in [0.25, 0.3) is 11.0 Å². The summed E-state index contributed by atoms with van der Waals surface area (Å²) in [5, 5.41) is 0.868. The number of pyridine rings is 1. The second-order valence-electron chi connectivity index (χ2n) is 2.20. The molecule has 0 aliphatic heterocycles. The van der Waals surface area contributed by atoms with Crippen molar-refractivity contribution in [1.29, 1.82) is 0 Å². The average molecular weight is 146 g/mol. The molecule has 0 amide bonds. The largest absolute Gasteiger partial charge is 0.397 e. The van der Waals surface area contributed by atoms with Crippen LogP contribution in [-0.4, -0.2) is 15.0 Å². The third-order valence-electron chi connectivity index (χ3n) is 1.38. The molecular weight excluding hydrogens is 140 g/mol. The van der Waals surface area contributed by atoms with Gasteiger partial charge in [-0.15, -0.1) is 0 Å². The van der Waals surface area contributed by atoms with E-state index >= 15 is 0 Å². The Morgan fingerprint density at radius 2 is 2.09 bits per heavy atom. The second kappa shape index (κ2) is 2.16. The molecule has 11 heavy (non-hydrogen) atoms. The minimum Gasteiger partial charge on any atom is -0.397 e. The van der Waals surface area contributed by atoms with Crippen LogP contribution in [0.3, 0.4) is 0 Å². The zero-order valence-corrected chi connectivity index (χ0v) is 5.73. The molecule has 2 aromatic heterocycles. The van der Waals surface area contributed by atoms with Gasteiger partial charge in [0, 0.05) is 11.6 Å². The van der Waals surface area contributed by atoms with Crippen molar-refractivity contribution >= 4 is 16.7 Å². The molecule has 4 heteroatoms. The van der Waals surface area contributed by atoms with Gasteiger partial charge in [0.05, 0.1) is 11.9 Å². The van der Waals surface area contributed by atoms with E-state index in [-0.39, 0.29) is 0 Å². The standard InChI is InChI=1S/C7H6N4/c8-6-1-5-2-9-4-11-7(5)10-3-6/h1-4H,8H2. The van der Waals surface area contributed by atoms with E-state index in [1.807, 2.05) is 0 Å². The second-order valence-corrected chi connectivity index (χ2v) is 2.20. The summed E-state index contributed by atoms with van der Waals surface area (Å²) in [6.45, 7) is 0. The van der Waals surface area contributed by atoms with Crippen LogP contribution >= 0.6 is 0 Å². The van der Waals surface area contributed by atoms with Crippen molar-refractivity contribution in [2.24, 2.45) is 0 Å². The maximum atomic E-state index is 5.51. The predicted molar refractivity (Wildman–Crippen MR) is 41.7 cm³/mol. The number of rotatable bonds is 0. The lowest BCUT2D eigenvalue weighted by Crippen LogP contribution is -1.89. The van der Waals surface area contributed by atoms with Crippen molar-refractivity contribution in [3.05, 3.63) is 24.8 Å². The molecule has 0 saturated carbocycles. The molecule has 0 unspecified atom stereocenters. The van der Waals surface area contributed by atoms with E-state index in [9.17, 15) is 0 Å². The monoisotopic (exact) mass is 146 g/mol. The van der Waals surface area contributed by atoms with E-state index < -0.39 is 0 Å². The highest BCUT2D eigenvalue weighted by Crippen LogP contribution is 2.09. The van der Waals surface area contributed by atoms with E-state index in [1.54, 1.807) is 18.5 Å². The van der Waals surface area contributed by atoms with Gasteiger partial charge in [-0.1, -0.05) is 0 Å². The lowest BCUT2D eigenvalue weighted by atomic mass is 10.3. The first-order chi connectivity index (χ1) is 5.36. The van der Waals surface area contributed by atoms with Gasteiger partial charge in [-0.2, -0.15) is 0 Å². The Morgan fingerprint density at radius 3 is 3.00 bits per heavy atom. The smallest absolute Gasteiger partial charge is 0.162 e. The average Bonchev–Trinajstić information content (AvgIpc) is 2.04. The number of anilines is 1. The first kappa shape index (κ1) is 6.03. The molecule has 0 aromatic carbocycles. The molecule has 0 aliphatic rings. The predicted octanol–water partition coefficient (Wildman–Crippen LogP) is 0.607. The minimum absolute atomic E-state index is 0.632. The number of nitrogen functional groups attached to an aromatic ring is 1. The van der Waals surface area contributed by atoms with E-state index in [1.165, 1.54) is 6.33 Å². The molecule has 2 aromatic rings. The third kappa shape index (κ3) is 0.980. The lowest BCUT2D eigenvalue weighted by Gasteiger charge is -1.94. The van der Waals surface area contributed by atoms with Crippen LogP contribution in [0.15, 0.2) is 24.8 Å². The molecule has 2 N–H and O–H groups in total. The fraction of sp³-hybridized carbons (Fsp3) is 0. The number of fused-ring (bicyclic) bond motifs is 1. The molecule has 0 aliphatic carbocycles. The van der Waals surface area contributed by atoms with Crippen molar-refractivity contribution in [2.45, 2.75) is 0 Å². The first-order valence-corrected chi connectivity index (χ1v) is 3.17. The molecule has 54 valence electrons. The van der Waals surface area contributed by atoms with Gasteiger partial charge in [-0.25, -0.2) is 15.0 Å². The Kier molecular flexibility index (Phi) is 1.18. The zero-order chi connectivity index (χ0) is 7.68. The topological polar surface area (TPSA) is 64.7 Å². The van der Waals surface area contributed by atoms with Crippen LogP contribution in [0.5, 0.6) is 0 Å². The maximum absolute atomic E-state index is 5.51. The summed E-state index contributed by atoms with van der Waals surface area (Å²) in [5.74, 6) is 0. The van der Waals surface area contributed by atoms with Crippen molar-refractivity contribution in [3.8, 4) is 0 Å². The highest BCUT2D eigenvalue weighted by molar-refractivity contribution is 5.76. The summed E-state index contributed by atoms with van der Waals surface area (Å²) in [7, 11) is 0. The molecule has 2 heterocycles. The van der Waals surface area contributed by atoms with Crippen LogP contribution in [0.2, 0.25) is 0 Å². The Bertz CT molecular complexity index is 385. The first-order valence-electron chi connectivity index (χ1n) is 3.17. The molecule has 0 spiro atoms. The molecule has 0 bridgehead atoms. The number of aromatic nitrogens is 3. The van der Waals surface area contributed by atoms with Crippen LogP contribution in [0.4, 0.5) is 5.69 Å². The molecule has 0 saturated heterocycles. The molecule has 4 nitrogen and oxygen atoms in total. The molecule has 0 fully saturated rings. The molecule has 0 atom stereocenters. The SMILES string of the molecule is Nc1cnc2ncncc2c1. The molecule has 0 radical (unpaired) electrons. The molecular formula is C7H6N4. The van der Waals surface area contributed by atoms with Crippen LogP contribution in [0, 0.1) is 0 Å². The Hall–Kier alpha value is -1.71. The van der Waals surface area contributed by atoms with Gasteiger partial charge in [0.1, 0.15) is 6.33 Å². The Balaban J connectivity index is 2.83. The normalized spacial score (nSPS) is 10.2. The number of hydrogen-bond donors (Lipinski definition) is 1. The summed E-state index contributed by atoms with van der Waals surface area (Å²) < 4.78 is 0. The van der Waals surface area contributed by atoms with Crippen molar-refractivity contribution in [2.75, 3.05) is 5.73 Å². The van der Waals surface area contributed by atoms with Crippen molar-refractivity contribution in [3.63, 3.8) is 0 Å². The van der Waals surface area contributed by atoms with Gasteiger partial charge in [0.2, 0.25) is 0 Å². The fourth-order valence-corrected chi connectivity index (χ4v) is 0.896. The highest BCUT2D eigenvalue weighted by atomic mass is 14.9. The van der Waals surface area contributed by atoms with Crippen LogP contribution in [0.1, 0.15) is 0 Å². The summed E-state index contributed by atoms with van der Waals surface area (Å²) in [5.41, 5.74) is 6.81. The van der Waals surface area contributed by atoms with Crippen LogP contribution < -0.4 is 5.73 Å². The quantitative estimate of drug-likeness (QED) is 0.591. The number of nitrogens with zero attached hydrogens (tertiary/aromatic N) is 3. The highest BCUT2D eigenvalue weighted by Gasteiger charge is 1.93. The van der Waals surface area contributed by atoms with Gasteiger partial charge < -0.3 is 5.73 Å². The Labute approximate surface area is 63.1 Å². The van der Waals surface area contributed by atoms with E-state index in [2.05, 4.69) is 15.0 Å². The maximum Gasteiger partial charge on any atom is 0.162 e. The molecule has 2 rings (SSSR count). The van der Waals surface area contributed by atoms with E-state index in [4.69, 9.17) is 5.73 Å². The van der Waals surface area contributed by atoms with Gasteiger partial charge in [-0.05, 0) is 6.07 Å².